The molecular formula is C16H18BrN3O. The van der Waals surface area contributed by atoms with Gasteiger partial charge in [0, 0.05) is 28.6 Å². The lowest BCUT2D eigenvalue weighted by Gasteiger charge is -2.11. The summed E-state index contributed by atoms with van der Waals surface area (Å²) in [6.07, 6.45) is 7.02. The van der Waals surface area contributed by atoms with Crippen LogP contribution in [0.15, 0.2) is 47.1 Å². The lowest BCUT2D eigenvalue weighted by molar-refractivity contribution is 0.246. The molecule has 0 spiro atoms. The van der Waals surface area contributed by atoms with E-state index >= 15 is 0 Å². The highest BCUT2D eigenvalue weighted by Crippen LogP contribution is 2.21. The number of aliphatic hydroxyl groups excluding tert-OH is 1. The molecule has 1 aromatic carbocycles. The second-order valence-electron chi connectivity index (χ2n) is 5.30. The van der Waals surface area contributed by atoms with Gasteiger partial charge >= 0.3 is 0 Å². The van der Waals surface area contributed by atoms with E-state index in [-0.39, 0.29) is 12.5 Å². The van der Waals surface area contributed by atoms with Gasteiger partial charge in [-0.1, -0.05) is 40.2 Å². The van der Waals surface area contributed by atoms with Crippen LogP contribution in [0.5, 0.6) is 0 Å². The first-order chi connectivity index (χ1) is 10.2. The zero-order chi connectivity index (χ0) is 14.7. The van der Waals surface area contributed by atoms with Crippen LogP contribution in [0.25, 0.3) is 11.3 Å². The summed E-state index contributed by atoms with van der Waals surface area (Å²) in [5.74, 6) is 1.21. The number of rotatable bonds is 5. The largest absolute Gasteiger partial charge is 0.396 e. The predicted octanol–water partition coefficient (Wildman–Crippen LogP) is 2.87. The van der Waals surface area contributed by atoms with E-state index in [1.165, 1.54) is 0 Å². The van der Waals surface area contributed by atoms with Crippen LogP contribution in [0.2, 0.25) is 0 Å². The maximum Gasteiger partial charge on any atom is 0.120 e. The number of hydrogen-bond donors (Lipinski definition) is 3. The third-order valence-corrected chi connectivity index (χ3v) is 4.20. The number of nitrogens with one attached hydrogen (secondary N) is 2. The molecule has 0 radical (unpaired) electrons. The van der Waals surface area contributed by atoms with Crippen molar-refractivity contribution in [1.29, 1.82) is 0 Å². The van der Waals surface area contributed by atoms with E-state index in [2.05, 4.69) is 55.5 Å². The standard InChI is InChI=1S/C16H18BrN3O/c17-13-3-1-2-12(7-13)15-8-19-16(20-15)9-18-14-5-4-11(6-14)10-21/h1-5,7-8,11,14,18,21H,6,9-10H2,(H,19,20)/t11-,14+/m0/s1. The van der Waals surface area contributed by atoms with Gasteiger partial charge in [0.1, 0.15) is 5.82 Å². The molecule has 0 bridgehead atoms. The number of halogens is 1. The van der Waals surface area contributed by atoms with Crippen LogP contribution in [0.3, 0.4) is 0 Å². The third kappa shape index (κ3) is 3.61. The van der Waals surface area contributed by atoms with Crippen molar-refractivity contribution in [3.63, 3.8) is 0 Å². The van der Waals surface area contributed by atoms with Crippen molar-refractivity contribution < 1.29 is 5.11 Å². The summed E-state index contributed by atoms with van der Waals surface area (Å²) in [4.78, 5) is 7.75. The monoisotopic (exact) mass is 347 g/mol. The Labute approximate surface area is 132 Å². The summed E-state index contributed by atoms with van der Waals surface area (Å²) >= 11 is 3.48. The van der Waals surface area contributed by atoms with E-state index < -0.39 is 0 Å². The number of hydrogen-bond acceptors (Lipinski definition) is 3. The molecule has 1 aliphatic carbocycles. The van der Waals surface area contributed by atoms with E-state index in [0.29, 0.717) is 12.6 Å². The summed E-state index contributed by atoms with van der Waals surface area (Å²) in [5, 5.41) is 12.6. The average molecular weight is 348 g/mol. The van der Waals surface area contributed by atoms with Crippen molar-refractivity contribution in [3.8, 4) is 11.3 Å². The zero-order valence-electron chi connectivity index (χ0n) is 11.6. The van der Waals surface area contributed by atoms with Crippen molar-refractivity contribution in [1.82, 2.24) is 15.3 Å². The van der Waals surface area contributed by atoms with Crippen LogP contribution in [-0.4, -0.2) is 27.7 Å². The second kappa shape index (κ2) is 6.56. The molecule has 1 aliphatic rings. The van der Waals surface area contributed by atoms with Gasteiger partial charge in [0.05, 0.1) is 18.4 Å². The number of imidazole rings is 1. The van der Waals surface area contributed by atoms with Gasteiger partial charge in [-0.15, -0.1) is 0 Å². The van der Waals surface area contributed by atoms with Crippen molar-refractivity contribution in [2.24, 2.45) is 5.92 Å². The molecule has 0 unspecified atom stereocenters. The predicted molar refractivity (Wildman–Crippen MR) is 86.7 cm³/mol. The highest BCUT2D eigenvalue weighted by Gasteiger charge is 2.17. The molecule has 4 nitrogen and oxygen atoms in total. The van der Waals surface area contributed by atoms with Crippen molar-refractivity contribution >= 4 is 15.9 Å². The normalized spacial score (nSPS) is 21.0. The van der Waals surface area contributed by atoms with Crippen LogP contribution in [-0.2, 0) is 6.54 Å². The molecule has 0 fully saturated rings. The molecule has 21 heavy (non-hydrogen) atoms. The second-order valence-corrected chi connectivity index (χ2v) is 6.22. The van der Waals surface area contributed by atoms with E-state index in [4.69, 9.17) is 5.11 Å². The number of aromatic amines is 1. The molecule has 0 saturated carbocycles. The molecule has 0 saturated heterocycles. The smallest absolute Gasteiger partial charge is 0.120 e. The topological polar surface area (TPSA) is 60.9 Å². The minimum atomic E-state index is 0.225. The van der Waals surface area contributed by atoms with Crippen LogP contribution in [0.1, 0.15) is 12.2 Å². The van der Waals surface area contributed by atoms with E-state index in [9.17, 15) is 0 Å². The Bertz CT molecular complexity index is 638. The summed E-state index contributed by atoms with van der Waals surface area (Å²) in [7, 11) is 0. The van der Waals surface area contributed by atoms with Crippen LogP contribution >= 0.6 is 15.9 Å². The number of benzene rings is 1. The molecule has 0 amide bonds. The number of aromatic nitrogens is 2. The average Bonchev–Trinajstić information content (AvgIpc) is 3.14. The molecule has 3 N–H and O–H groups in total. The molecule has 3 rings (SSSR count). The number of nitrogens with zero attached hydrogens (tertiary/aromatic N) is 1. The minimum absolute atomic E-state index is 0.225. The van der Waals surface area contributed by atoms with Gasteiger partial charge in [-0.05, 0) is 18.6 Å². The molecule has 0 aliphatic heterocycles. The molecule has 1 heterocycles. The summed E-state index contributed by atoms with van der Waals surface area (Å²) in [6.45, 7) is 0.920. The first-order valence-electron chi connectivity index (χ1n) is 7.07. The highest BCUT2D eigenvalue weighted by atomic mass is 79.9. The number of aliphatic hydroxyl groups is 1. The van der Waals surface area contributed by atoms with Gasteiger partial charge in [-0.2, -0.15) is 0 Å². The maximum atomic E-state index is 9.12. The molecule has 1 aromatic heterocycles. The van der Waals surface area contributed by atoms with Gasteiger partial charge in [-0.3, -0.25) is 0 Å². The van der Waals surface area contributed by atoms with E-state index in [1.807, 2.05) is 18.3 Å². The van der Waals surface area contributed by atoms with E-state index in [0.717, 1.165) is 28.0 Å². The molecular weight excluding hydrogens is 330 g/mol. The fraction of sp³-hybridized carbons (Fsp3) is 0.312. The van der Waals surface area contributed by atoms with Gasteiger partial charge < -0.3 is 15.4 Å². The number of H-pyrrole nitrogens is 1. The van der Waals surface area contributed by atoms with Crippen LogP contribution < -0.4 is 5.32 Å². The molecule has 110 valence electrons. The van der Waals surface area contributed by atoms with Gasteiger partial charge in [0.2, 0.25) is 0 Å². The fourth-order valence-corrected chi connectivity index (χ4v) is 2.94. The van der Waals surface area contributed by atoms with Gasteiger partial charge in [0.25, 0.3) is 0 Å². The third-order valence-electron chi connectivity index (χ3n) is 3.70. The summed E-state index contributed by atoms with van der Waals surface area (Å²) < 4.78 is 1.06. The molecule has 2 atom stereocenters. The Balaban J connectivity index is 1.60. The van der Waals surface area contributed by atoms with Crippen LogP contribution in [0.4, 0.5) is 0 Å². The minimum Gasteiger partial charge on any atom is -0.396 e. The Morgan fingerprint density at radius 2 is 2.29 bits per heavy atom. The van der Waals surface area contributed by atoms with Crippen molar-refractivity contribution in [2.45, 2.75) is 19.0 Å². The highest BCUT2D eigenvalue weighted by molar-refractivity contribution is 9.10. The lowest BCUT2D eigenvalue weighted by Crippen LogP contribution is -2.26. The Morgan fingerprint density at radius 3 is 3.05 bits per heavy atom. The summed E-state index contributed by atoms with van der Waals surface area (Å²) in [6, 6.07) is 8.46. The Morgan fingerprint density at radius 1 is 1.38 bits per heavy atom. The van der Waals surface area contributed by atoms with Crippen molar-refractivity contribution in [3.05, 3.63) is 52.9 Å². The maximum absolute atomic E-state index is 9.12. The molecule has 2 aromatic rings. The Hall–Kier alpha value is -1.43. The van der Waals surface area contributed by atoms with E-state index in [1.54, 1.807) is 0 Å². The van der Waals surface area contributed by atoms with Crippen LogP contribution in [0, 0.1) is 5.92 Å². The quantitative estimate of drug-likeness (QED) is 0.729. The van der Waals surface area contributed by atoms with Gasteiger partial charge in [0.15, 0.2) is 0 Å². The SMILES string of the molecule is OC[C@H]1C=C[C@@H](NCc2ncc(-c3cccc(Br)c3)[nH]2)C1. The lowest BCUT2D eigenvalue weighted by atomic mass is 10.1. The zero-order valence-corrected chi connectivity index (χ0v) is 13.2. The Kier molecular flexibility index (Phi) is 4.53. The fourth-order valence-electron chi connectivity index (χ4n) is 2.54. The molecule has 5 heteroatoms. The van der Waals surface area contributed by atoms with Crippen molar-refractivity contribution in [2.75, 3.05) is 6.61 Å². The first-order valence-corrected chi connectivity index (χ1v) is 7.86. The summed E-state index contributed by atoms with van der Waals surface area (Å²) in [5.41, 5.74) is 2.13. The van der Waals surface area contributed by atoms with Gasteiger partial charge in [-0.25, -0.2) is 4.98 Å². The first kappa shape index (κ1) is 14.5.